The molecule has 0 aliphatic rings. The van der Waals surface area contributed by atoms with E-state index < -0.39 is 0 Å². The fourth-order valence-electron chi connectivity index (χ4n) is 3.08. The minimum Gasteiger partial charge on any atom is -0.471 e. The molecule has 6 heteroatoms. The average Bonchev–Trinajstić information content (AvgIpc) is 2.80. The van der Waals surface area contributed by atoms with Crippen LogP contribution in [0.25, 0.3) is 11.1 Å². The van der Waals surface area contributed by atoms with Gasteiger partial charge in [0.05, 0.1) is 0 Å². The molecule has 3 aromatic carbocycles. The zero-order valence-electron chi connectivity index (χ0n) is 16.4. The molecule has 4 rings (SSSR count). The summed E-state index contributed by atoms with van der Waals surface area (Å²) in [6.07, 6.45) is 1.62. The van der Waals surface area contributed by atoms with Crippen LogP contribution in [0.1, 0.15) is 15.9 Å². The zero-order chi connectivity index (χ0) is 21.6. The SMILES string of the molecule is O=C(Nc1cccnc1OCc1ccc(-c2c(Cl)cccc2Cl)cc1)c1ccccc1. The Bertz CT molecular complexity index is 1180. The van der Waals surface area contributed by atoms with Gasteiger partial charge in [-0.25, -0.2) is 4.98 Å². The monoisotopic (exact) mass is 448 g/mol. The number of anilines is 1. The molecule has 0 radical (unpaired) electrons. The number of halogens is 2. The highest BCUT2D eigenvalue weighted by molar-refractivity contribution is 6.39. The second kappa shape index (κ2) is 9.65. The quantitative estimate of drug-likeness (QED) is 0.349. The third-order valence-corrected chi connectivity index (χ3v) is 5.27. The second-order valence-electron chi connectivity index (χ2n) is 6.76. The molecule has 0 spiro atoms. The van der Waals surface area contributed by atoms with Gasteiger partial charge in [0, 0.05) is 27.4 Å². The fourth-order valence-corrected chi connectivity index (χ4v) is 3.69. The van der Waals surface area contributed by atoms with Crippen molar-refractivity contribution in [3.05, 3.63) is 112 Å². The number of nitrogens with zero attached hydrogens (tertiary/aromatic N) is 1. The maximum Gasteiger partial charge on any atom is 0.255 e. The van der Waals surface area contributed by atoms with E-state index in [9.17, 15) is 4.79 Å². The Kier molecular flexibility index (Phi) is 6.51. The number of aromatic nitrogens is 1. The molecule has 31 heavy (non-hydrogen) atoms. The van der Waals surface area contributed by atoms with Gasteiger partial charge in [-0.15, -0.1) is 0 Å². The fraction of sp³-hybridized carbons (Fsp3) is 0.0400. The number of rotatable bonds is 6. The topological polar surface area (TPSA) is 51.2 Å². The van der Waals surface area contributed by atoms with Crippen LogP contribution < -0.4 is 10.1 Å². The number of hydrogen-bond donors (Lipinski definition) is 1. The summed E-state index contributed by atoms with van der Waals surface area (Å²) in [4.78, 5) is 16.7. The van der Waals surface area contributed by atoms with Crippen LogP contribution >= 0.6 is 23.2 Å². The molecule has 1 N–H and O–H groups in total. The van der Waals surface area contributed by atoms with Crippen molar-refractivity contribution in [2.45, 2.75) is 6.61 Å². The molecule has 0 bridgehead atoms. The van der Waals surface area contributed by atoms with E-state index in [0.717, 1.165) is 16.7 Å². The summed E-state index contributed by atoms with van der Waals surface area (Å²) < 4.78 is 5.88. The number of amides is 1. The van der Waals surface area contributed by atoms with Gasteiger partial charge < -0.3 is 10.1 Å². The van der Waals surface area contributed by atoms with Crippen LogP contribution in [-0.4, -0.2) is 10.9 Å². The molecule has 1 heterocycles. The summed E-state index contributed by atoms with van der Waals surface area (Å²) in [5.41, 5.74) is 3.74. The lowest BCUT2D eigenvalue weighted by Crippen LogP contribution is -2.13. The Morgan fingerprint density at radius 2 is 1.55 bits per heavy atom. The van der Waals surface area contributed by atoms with Gasteiger partial charge in [0.15, 0.2) is 0 Å². The van der Waals surface area contributed by atoms with Gasteiger partial charge in [0.25, 0.3) is 5.91 Å². The van der Waals surface area contributed by atoms with E-state index in [2.05, 4.69) is 10.3 Å². The number of ether oxygens (including phenoxy) is 1. The van der Waals surface area contributed by atoms with E-state index in [1.165, 1.54) is 0 Å². The molecule has 0 aliphatic carbocycles. The molecule has 0 aliphatic heterocycles. The Morgan fingerprint density at radius 1 is 0.839 bits per heavy atom. The van der Waals surface area contributed by atoms with Crippen LogP contribution in [0.3, 0.4) is 0 Å². The molecule has 0 atom stereocenters. The van der Waals surface area contributed by atoms with Gasteiger partial charge in [-0.2, -0.15) is 0 Å². The Hall–Kier alpha value is -3.34. The zero-order valence-corrected chi connectivity index (χ0v) is 17.9. The Morgan fingerprint density at radius 3 is 2.26 bits per heavy atom. The third kappa shape index (κ3) is 5.05. The van der Waals surface area contributed by atoms with Crippen molar-refractivity contribution in [1.82, 2.24) is 4.98 Å². The average molecular weight is 449 g/mol. The van der Waals surface area contributed by atoms with Crippen molar-refractivity contribution in [2.75, 3.05) is 5.32 Å². The van der Waals surface area contributed by atoms with Crippen molar-refractivity contribution >= 4 is 34.8 Å². The molecule has 0 fully saturated rings. The molecule has 4 nitrogen and oxygen atoms in total. The molecule has 0 unspecified atom stereocenters. The van der Waals surface area contributed by atoms with E-state index in [1.54, 1.807) is 30.5 Å². The van der Waals surface area contributed by atoms with Crippen LogP contribution in [0.2, 0.25) is 10.0 Å². The summed E-state index contributed by atoms with van der Waals surface area (Å²) in [5.74, 6) is 0.129. The molecule has 1 aromatic heterocycles. The van der Waals surface area contributed by atoms with Crippen LogP contribution in [0.15, 0.2) is 91.1 Å². The van der Waals surface area contributed by atoms with Crippen molar-refractivity contribution in [3.63, 3.8) is 0 Å². The van der Waals surface area contributed by atoms with Gasteiger partial charge in [-0.1, -0.05) is 71.7 Å². The van der Waals surface area contributed by atoms with E-state index in [4.69, 9.17) is 27.9 Å². The first-order valence-electron chi connectivity index (χ1n) is 9.59. The van der Waals surface area contributed by atoms with Crippen LogP contribution in [-0.2, 0) is 6.61 Å². The van der Waals surface area contributed by atoms with Crippen molar-refractivity contribution < 1.29 is 9.53 Å². The molecular weight excluding hydrogens is 431 g/mol. The van der Waals surface area contributed by atoms with E-state index in [-0.39, 0.29) is 5.91 Å². The first kappa shape index (κ1) is 20.9. The summed E-state index contributed by atoms with van der Waals surface area (Å²) in [6, 6.07) is 25.7. The minimum atomic E-state index is -0.223. The summed E-state index contributed by atoms with van der Waals surface area (Å²) in [7, 11) is 0. The molecule has 0 saturated heterocycles. The lowest BCUT2D eigenvalue weighted by molar-refractivity contribution is 0.102. The minimum absolute atomic E-state index is 0.223. The van der Waals surface area contributed by atoms with Crippen LogP contribution in [0, 0.1) is 0 Å². The van der Waals surface area contributed by atoms with Gasteiger partial charge in [0.1, 0.15) is 12.3 Å². The number of pyridine rings is 1. The summed E-state index contributed by atoms with van der Waals surface area (Å²) in [6.45, 7) is 0.293. The number of carbonyl (C=O) groups is 1. The van der Waals surface area contributed by atoms with E-state index >= 15 is 0 Å². The van der Waals surface area contributed by atoms with Gasteiger partial charge in [-0.3, -0.25) is 4.79 Å². The lowest BCUT2D eigenvalue weighted by Gasteiger charge is -2.12. The number of carbonyl (C=O) groups excluding carboxylic acids is 1. The smallest absolute Gasteiger partial charge is 0.255 e. The van der Waals surface area contributed by atoms with Crippen molar-refractivity contribution in [2.24, 2.45) is 0 Å². The van der Waals surface area contributed by atoms with E-state index in [0.29, 0.717) is 33.8 Å². The van der Waals surface area contributed by atoms with E-state index in [1.807, 2.05) is 60.7 Å². The molecular formula is C25H18Cl2N2O2. The maximum atomic E-state index is 12.5. The number of benzene rings is 3. The van der Waals surface area contributed by atoms with Crippen molar-refractivity contribution in [1.29, 1.82) is 0 Å². The highest BCUT2D eigenvalue weighted by Crippen LogP contribution is 2.34. The third-order valence-electron chi connectivity index (χ3n) is 4.64. The largest absolute Gasteiger partial charge is 0.471 e. The first-order chi connectivity index (χ1) is 15.1. The Balaban J connectivity index is 1.46. The van der Waals surface area contributed by atoms with Gasteiger partial charge >= 0.3 is 0 Å². The molecule has 154 valence electrons. The van der Waals surface area contributed by atoms with Crippen molar-refractivity contribution in [3.8, 4) is 17.0 Å². The first-order valence-corrected chi connectivity index (χ1v) is 10.3. The number of nitrogens with one attached hydrogen (secondary N) is 1. The Labute approximate surface area is 190 Å². The lowest BCUT2D eigenvalue weighted by atomic mass is 10.0. The summed E-state index contributed by atoms with van der Waals surface area (Å²) >= 11 is 12.6. The predicted molar refractivity (Wildman–Crippen MR) is 125 cm³/mol. The normalized spacial score (nSPS) is 10.5. The maximum absolute atomic E-state index is 12.5. The standard InChI is InChI=1S/C25H18Cl2N2O2/c26-20-8-4-9-21(27)23(20)18-13-11-17(12-14-18)16-31-25-22(10-5-15-28-25)29-24(30)19-6-2-1-3-7-19/h1-15H,16H2,(H,29,30). The highest BCUT2D eigenvalue weighted by atomic mass is 35.5. The highest BCUT2D eigenvalue weighted by Gasteiger charge is 2.11. The van der Waals surface area contributed by atoms with Crippen LogP contribution in [0.4, 0.5) is 5.69 Å². The number of hydrogen-bond acceptors (Lipinski definition) is 3. The molecule has 1 amide bonds. The predicted octanol–water partition coefficient (Wildman–Crippen LogP) is 6.89. The molecule has 0 saturated carbocycles. The second-order valence-corrected chi connectivity index (χ2v) is 7.57. The summed E-state index contributed by atoms with van der Waals surface area (Å²) in [5, 5.41) is 4.05. The molecule has 4 aromatic rings. The van der Waals surface area contributed by atoms with Gasteiger partial charge in [0.2, 0.25) is 5.88 Å². The van der Waals surface area contributed by atoms with Crippen LogP contribution in [0.5, 0.6) is 5.88 Å². The van der Waals surface area contributed by atoms with Gasteiger partial charge in [-0.05, 0) is 47.5 Å².